The Balaban J connectivity index is 1.88. The summed E-state index contributed by atoms with van der Waals surface area (Å²) >= 11 is 0. The van der Waals surface area contributed by atoms with Crippen molar-refractivity contribution in [3.63, 3.8) is 0 Å². The standard InChI is InChI=1S/C11H18N2O2/c1-2-3-4-7-12-10(14)8-13(11(12)15)9-5-6-9/h9H,2-8H2,1H3. The average Bonchev–Trinajstić information content (AvgIpc) is 3.00. The van der Waals surface area contributed by atoms with Crippen molar-refractivity contribution in [1.82, 2.24) is 9.80 Å². The van der Waals surface area contributed by atoms with Gasteiger partial charge in [-0.05, 0) is 19.3 Å². The van der Waals surface area contributed by atoms with E-state index >= 15 is 0 Å². The van der Waals surface area contributed by atoms with E-state index in [1.807, 2.05) is 0 Å². The van der Waals surface area contributed by atoms with Crippen LogP contribution in [0, 0.1) is 0 Å². The van der Waals surface area contributed by atoms with Crippen LogP contribution in [0.15, 0.2) is 0 Å². The number of unbranched alkanes of at least 4 members (excludes halogenated alkanes) is 2. The van der Waals surface area contributed by atoms with E-state index in [4.69, 9.17) is 0 Å². The fourth-order valence-corrected chi connectivity index (χ4v) is 1.97. The fourth-order valence-electron chi connectivity index (χ4n) is 1.97. The second-order valence-corrected chi connectivity index (χ2v) is 4.39. The number of carbonyl (C=O) groups excluding carboxylic acids is 2. The number of amides is 3. The number of imide groups is 1. The molecule has 2 rings (SSSR count). The molecule has 0 aromatic carbocycles. The van der Waals surface area contributed by atoms with Gasteiger partial charge < -0.3 is 4.90 Å². The maximum Gasteiger partial charge on any atom is 0.327 e. The summed E-state index contributed by atoms with van der Waals surface area (Å²) in [5.41, 5.74) is 0. The van der Waals surface area contributed by atoms with E-state index < -0.39 is 0 Å². The highest BCUT2D eigenvalue weighted by molar-refractivity contribution is 6.02. The molecule has 0 atom stereocenters. The van der Waals surface area contributed by atoms with E-state index in [2.05, 4.69) is 6.92 Å². The minimum absolute atomic E-state index is 0.0111. The van der Waals surface area contributed by atoms with Crippen molar-refractivity contribution in [1.29, 1.82) is 0 Å². The molecule has 0 unspecified atom stereocenters. The van der Waals surface area contributed by atoms with Gasteiger partial charge >= 0.3 is 6.03 Å². The number of carbonyl (C=O) groups is 2. The first kappa shape index (κ1) is 10.5. The van der Waals surface area contributed by atoms with Crippen molar-refractivity contribution in [3.8, 4) is 0 Å². The normalized spacial score (nSPS) is 21.7. The van der Waals surface area contributed by atoms with E-state index in [1.165, 1.54) is 4.90 Å². The summed E-state index contributed by atoms with van der Waals surface area (Å²) in [6.07, 6.45) is 5.28. The lowest BCUT2D eigenvalue weighted by molar-refractivity contribution is -0.125. The van der Waals surface area contributed by atoms with Gasteiger partial charge in [-0.15, -0.1) is 0 Å². The first-order valence-corrected chi connectivity index (χ1v) is 5.85. The summed E-state index contributed by atoms with van der Waals surface area (Å²) in [5, 5.41) is 0. The summed E-state index contributed by atoms with van der Waals surface area (Å²) in [5.74, 6) is -0.0111. The molecule has 84 valence electrons. The minimum atomic E-state index is -0.0568. The van der Waals surface area contributed by atoms with E-state index in [9.17, 15) is 9.59 Å². The lowest BCUT2D eigenvalue weighted by Gasteiger charge is -2.16. The first-order chi connectivity index (χ1) is 7.24. The monoisotopic (exact) mass is 210 g/mol. The van der Waals surface area contributed by atoms with Crippen LogP contribution in [-0.4, -0.2) is 40.9 Å². The highest BCUT2D eigenvalue weighted by atomic mass is 16.2. The largest absolute Gasteiger partial charge is 0.327 e. The van der Waals surface area contributed by atoms with Crippen molar-refractivity contribution in [2.75, 3.05) is 13.1 Å². The van der Waals surface area contributed by atoms with Crippen LogP contribution < -0.4 is 0 Å². The number of hydrogen-bond acceptors (Lipinski definition) is 2. The summed E-state index contributed by atoms with van der Waals surface area (Å²) < 4.78 is 0. The van der Waals surface area contributed by atoms with E-state index in [0.717, 1.165) is 32.1 Å². The first-order valence-electron chi connectivity index (χ1n) is 5.85. The van der Waals surface area contributed by atoms with Crippen LogP contribution >= 0.6 is 0 Å². The highest BCUT2D eigenvalue weighted by Crippen LogP contribution is 2.30. The molecule has 1 saturated heterocycles. The molecule has 0 radical (unpaired) electrons. The van der Waals surface area contributed by atoms with E-state index in [1.54, 1.807) is 4.90 Å². The predicted molar refractivity (Wildman–Crippen MR) is 56.4 cm³/mol. The van der Waals surface area contributed by atoms with Gasteiger partial charge in [0, 0.05) is 12.6 Å². The van der Waals surface area contributed by atoms with Crippen molar-refractivity contribution >= 4 is 11.9 Å². The van der Waals surface area contributed by atoms with Crippen LogP contribution in [-0.2, 0) is 4.79 Å². The molecule has 0 aromatic heterocycles. The zero-order chi connectivity index (χ0) is 10.8. The lowest BCUT2D eigenvalue weighted by atomic mass is 10.2. The van der Waals surface area contributed by atoms with Crippen LogP contribution in [0.25, 0.3) is 0 Å². The van der Waals surface area contributed by atoms with Gasteiger partial charge in [0.1, 0.15) is 6.54 Å². The molecule has 2 fully saturated rings. The van der Waals surface area contributed by atoms with E-state index in [0.29, 0.717) is 19.1 Å². The Morgan fingerprint density at radius 3 is 2.60 bits per heavy atom. The fraction of sp³-hybridized carbons (Fsp3) is 0.818. The Hall–Kier alpha value is -1.06. The quantitative estimate of drug-likeness (QED) is 0.511. The number of urea groups is 1. The summed E-state index contributed by atoms with van der Waals surface area (Å²) in [6.45, 7) is 3.04. The van der Waals surface area contributed by atoms with Gasteiger partial charge in [-0.3, -0.25) is 9.69 Å². The summed E-state index contributed by atoms with van der Waals surface area (Å²) in [4.78, 5) is 26.6. The molecule has 4 nitrogen and oxygen atoms in total. The van der Waals surface area contributed by atoms with Crippen LogP contribution in [0.1, 0.15) is 39.0 Å². The van der Waals surface area contributed by atoms with Crippen molar-refractivity contribution in [2.45, 2.75) is 45.1 Å². The van der Waals surface area contributed by atoms with Crippen molar-refractivity contribution in [3.05, 3.63) is 0 Å². The molecule has 3 amide bonds. The van der Waals surface area contributed by atoms with Crippen LogP contribution in [0.3, 0.4) is 0 Å². The molecule has 15 heavy (non-hydrogen) atoms. The van der Waals surface area contributed by atoms with Gasteiger partial charge in [-0.25, -0.2) is 4.79 Å². The molecule has 0 aromatic rings. The van der Waals surface area contributed by atoms with Crippen LogP contribution in [0.4, 0.5) is 4.79 Å². The average molecular weight is 210 g/mol. The smallest absolute Gasteiger partial charge is 0.312 e. The third kappa shape index (κ3) is 2.13. The maximum absolute atomic E-state index is 11.8. The van der Waals surface area contributed by atoms with Gasteiger partial charge in [0.15, 0.2) is 0 Å². The number of rotatable bonds is 5. The lowest BCUT2D eigenvalue weighted by Crippen LogP contribution is -2.34. The summed E-state index contributed by atoms with van der Waals surface area (Å²) in [7, 11) is 0. The van der Waals surface area contributed by atoms with Gasteiger partial charge in [0.05, 0.1) is 0 Å². The number of hydrogen-bond donors (Lipinski definition) is 0. The molecule has 1 heterocycles. The molecule has 0 spiro atoms. The zero-order valence-corrected chi connectivity index (χ0v) is 9.24. The Bertz CT molecular complexity index is 274. The van der Waals surface area contributed by atoms with Crippen molar-refractivity contribution in [2.24, 2.45) is 0 Å². The zero-order valence-electron chi connectivity index (χ0n) is 9.24. The van der Waals surface area contributed by atoms with Crippen LogP contribution in [0.2, 0.25) is 0 Å². The third-order valence-corrected chi connectivity index (χ3v) is 3.06. The summed E-state index contributed by atoms with van der Waals surface area (Å²) in [6, 6.07) is 0.302. The molecule has 1 aliphatic heterocycles. The Morgan fingerprint density at radius 2 is 2.00 bits per heavy atom. The molecular weight excluding hydrogens is 192 g/mol. The van der Waals surface area contributed by atoms with E-state index in [-0.39, 0.29) is 11.9 Å². The molecule has 0 N–H and O–H groups in total. The molecule has 1 saturated carbocycles. The van der Waals surface area contributed by atoms with Gasteiger partial charge in [-0.2, -0.15) is 0 Å². The topological polar surface area (TPSA) is 40.6 Å². The maximum atomic E-state index is 11.8. The molecule has 2 aliphatic rings. The Morgan fingerprint density at radius 1 is 1.27 bits per heavy atom. The van der Waals surface area contributed by atoms with Gasteiger partial charge in [0.25, 0.3) is 0 Å². The van der Waals surface area contributed by atoms with Crippen molar-refractivity contribution < 1.29 is 9.59 Å². The predicted octanol–water partition coefficient (Wildman–Crippen LogP) is 1.60. The van der Waals surface area contributed by atoms with Crippen LogP contribution in [0.5, 0.6) is 0 Å². The second-order valence-electron chi connectivity index (χ2n) is 4.39. The minimum Gasteiger partial charge on any atom is -0.312 e. The molecule has 0 bridgehead atoms. The highest BCUT2D eigenvalue weighted by Gasteiger charge is 2.43. The number of nitrogens with zero attached hydrogens (tertiary/aromatic N) is 2. The Kier molecular flexibility index (Phi) is 2.93. The second kappa shape index (κ2) is 4.21. The molecular formula is C11H18N2O2. The van der Waals surface area contributed by atoms with Gasteiger partial charge in [-0.1, -0.05) is 19.8 Å². The third-order valence-electron chi connectivity index (χ3n) is 3.06. The van der Waals surface area contributed by atoms with Gasteiger partial charge in [0.2, 0.25) is 5.91 Å². The Labute approximate surface area is 90.2 Å². The SMILES string of the molecule is CCCCCN1C(=O)CN(C2CC2)C1=O. The molecule has 4 heteroatoms. The molecule has 1 aliphatic carbocycles.